The summed E-state index contributed by atoms with van der Waals surface area (Å²) < 4.78 is 2.10. The van der Waals surface area contributed by atoms with Crippen molar-refractivity contribution in [3.63, 3.8) is 0 Å². The number of nitrogens with zero attached hydrogens (tertiary/aromatic N) is 4. The molecule has 0 spiro atoms. The predicted octanol–water partition coefficient (Wildman–Crippen LogP) is 3.96. The highest BCUT2D eigenvalue weighted by molar-refractivity contribution is 6.08. The molecule has 0 N–H and O–H groups in total. The molecule has 6 nitrogen and oxygen atoms in total. The number of carbonyl (C=O) groups is 2. The number of benzene rings is 2. The van der Waals surface area contributed by atoms with Gasteiger partial charge in [0.05, 0.1) is 22.9 Å². The normalized spacial score (nSPS) is 12.9. The van der Waals surface area contributed by atoms with E-state index in [0.29, 0.717) is 18.5 Å². The summed E-state index contributed by atoms with van der Waals surface area (Å²) in [6.07, 6.45) is 3.81. The first-order chi connectivity index (χ1) is 14.1. The van der Waals surface area contributed by atoms with Crippen LogP contribution in [-0.4, -0.2) is 33.3 Å². The van der Waals surface area contributed by atoms with Crippen LogP contribution in [0.25, 0.3) is 22.4 Å². The van der Waals surface area contributed by atoms with Crippen LogP contribution < -0.4 is 4.90 Å². The van der Waals surface area contributed by atoms with Crippen LogP contribution >= 0.6 is 0 Å². The van der Waals surface area contributed by atoms with E-state index in [-0.39, 0.29) is 11.7 Å². The van der Waals surface area contributed by atoms with E-state index in [2.05, 4.69) is 9.55 Å². The number of amides is 1. The highest BCUT2D eigenvalue weighted by atomic mass is 16.2. The number of para-hydroxylation sites is 1. The molecule has 0 aliphatic carbocycles. The first-order valence-corrected chi connectivity index (χ1v) is 9.44. The molecule has 4 aromatic rings. The van der Waals surface area contributed by atoms with Gasteiger partial charge in [0.1, 0.15) is 5.82 Å². The van der Waals surface area contributed by atoms with Crippen LogP contribution in [0.1, 0.15) is 27.1 Å². The molecule has 6 heteroatoms. The van der Waals surface area contributed by atoms with Gasteiger partial charge in [-0.3, -0.25) is 14.6 Å². The van der Waals surface area contributed by atoms with E-state index < -0.39 is 0 Å². The van der Waals surface area contributed by atoms with Gasteiger partial charge in [-0.1, -0.05) is 18.2 Å². The molecule has 0 radical (unpaired) electrons. The molecule has 142 valence electrons. The fourth-order valence-corrected chi connectivity index (χ4v) is 3.82. The SMILES string of the molecule is CN(C(=O)c1ccc(-c2nc3cccc4c3n2CCC4=O)cc1)c1cccnc1. The van der Waals surface area contributed by atoms with Crippen molar-refractivity contribution in [2.75, 3.05) is 11.9 Å². The minimum absolute atomic E-state index is 0.105. The number of hydrogen-bond donors (Lipinski definition) is 0. The molecule has 1 aliphatic heterocycles. The summed E-state index contributed by atoms with van der Waals surface area (Å²) in [6.45, 7) is 0.617. The molecule has 5 rings (SSSR count). The Balaban J connectivity index is 1.50. The van der Waals surface area contributed by atoms with Gasteiger partial charge in [0.25, 0.3) is 5.91 Å². The molecule has 1 amide bonds. The lowest BCUT2D eigenvalue weighted by molar-refractivity contribution is 0.0970. The van der Waals surface area contributed by atoms with Crippen molar-refractivity contribution in [3.05, 3.63) is 78.1 Å². The van der Waals surface area contributed by atoms with Crippen molar-refractivity contribution in [1.29, 1.82) is 0 Å². The van der Waals surface area contributed by atoms with E-state index in [1.165, 1.54) is 0 Å². The largest absolute Gasteiger partial charge is 0.323 e. The first kappa shape index (κ1) is 17.3. The highest BCUT2D eigenvalue weighted by Gasteiger charge is 2.23. The van der Waals surface area contributed by atoms with E-state index >= 15 is 0 Å². The lowest BCUT2D eigenvalue weighted by Gasteiger charge is -2.17. The van der Waals surface area contributed by atoms with Crippen molar-refractivity contribution < 1.29 is 9.59 Å². The van der Waals surface area contributed by atoms with Crippen LogP contribution in [-0.2, 0) is 6.54 Å². The molecule has 0 saturated carbocycles. The third-order valence-corrected chi connectivity index (χ3v) is 5.36. The molecule has 0 unspecified atom stereocenters. The Morgan fingerprint density at radius 1 is 1.07 bits per heavy atom. The molecule has 2 aromatic heterocycles. The van der Waals surface area contributed by atoms with Crippen LogP contribution in [0.3, 0.4) is 0 Å². The Bertz CT molecular complexity index is 1240. The average Bonchev–Trinajstić information content (AvgIpc) is 3.16. The van der Waals surface area contributed by atoms with Crippen molar-refractivity contribution in [3.8, 4) is 11.4 Å². The molecule has 1 aliphatic rings. The first-order valence-electron chi connectivity index (χ1n) is 9.44. The average molecular weight is 382 g/mol. The Hall–Kier alpha value is -3.80. The number of aromatic nitrogens is 3. The number of aryl methyl sites for hydroxylation is 1. The summed E-state index contributed by atoms with van der Waals surface area (Å²) in [4.78, 5) is 35.4. The molecular formula is C23H18N4O2. The van der Waals surface area contributed by atoms with Gasteiger partial charge in [-0.2, -0.15) is 0 Å². The summed E-state index contributed by atoms with van der Waals surface area (Å²) in [5, 5.41) is 0. The predicted molar refractivity (Wildman–Crippen MR) is 111 cm³/mol. The monoisotopic (exact) mass is 382 g/mol. The molecule has 3 heterocycles. The van der Waals surface area contributed by atoms with E-state index in [1.54, 1.807) is 30.4 Å². The van der Waals surface area contributed by atoms with Crippen LogP contribution in [0, 0.1) is 0 Å². The summed E-state index contributed by atoms with van der Waals surface area (Å²) in [6, 6.07) is 16.8. The van der Waals surface area contributed by atoms with Crippen LogP contribution in [0.4, 0.5) is 5.69 Å². The van der Waals surface area contributed by atoms with Crippen molar-refractivity contribution in [2.24, 2.45) is 0 Å². The summed E-state index contributed by atoms with van der Waals surface area (Å²) in [5.41, 5.74) is 4.70. The minimum atomic E-state index is -0.105. The molecule has 0 bridgehead atoms. The number of pyridine rings is 1. The molecule has 29 heavy (non-hydrogen) atoms. The van der Waals surface area contributed by atoms with Gasteiger partial charge in [-0.05, 0) is 36.4 Å². The number of hydrogen-bond acceptors (Lipinski definition) is 4. The zero-order chi connectivity index (χ0) is 20.0. The number of anilines is 1. The molecule has 0 fully saturated rings. The summed E-state index contributed by atoms with van der Waals surface area (Å²) in [7, 11) is 1.73. The third-order valence-electron chi connectivity index (χ3n) is 5.36. The molecule has 0 atom stereocenters. The summed E-state index contributed by atoms with van der Waals surface area (Å²) in [5.74, 6) is 0.876. The smallest absolute Gasteiger partial charge is 0.258 e. The van der Waals surface area contributed by atoms with Gasteiger partial charge < -0.3 is 9.47 Å². The highest BCUT2D eigenvalue weighted by Crippen LogP contribution is 2.31. The van der Waals surface area contributed by atoms with E-state index in [1.807, 2.05) is 48.5 Å². The van der Waals surface area contributed by atoms with E-state index in [0.717, 1.165) is 33.7 Å². The van der Waals surface area contributed by atoms with Crippen molar-refractivity contribution in [2.45, 2.75) is 13.0 Å². The van der Waals surface area contributed by atoms with Crippen LogP contribution in [0.5, 0.6) is 0 Å². The van der Waals surface area contributed by atoms with Crippen molar-refractivity contribution >= 4 is 28.4 Å². The molecule has 2 aromatic carbocycles. The third kappa shape index (κ3) is 2.81. The number of rotatable bonds is 3. The maximum atomic E-state index is 12.8. The number of imidazole rings is 1. The quantitative estimate of drug-likeness (QED) is 0.538. The second-order valence-electron chi connectivity index (χ2n) is 7.09. The van der Waals surface area contributed by atoms with Crippen LogP contribution in [0.2, 0.25) is 0 Å². The van der Waals surface area contributed by atoms with Crippen molar-refractivity contribution in [1.82, 2.24) is 14.5 Å². The molecular weight excluding hydrogens is 364 g/mol. The van der Waals surface area contributed by atoms with Gasteiger partial charge in [0, 0.05) is 42.9 Å². The Labute approximate surface area is 167 Å². The lowest BCUT2D eigenvalue weighted by Crippen LogP contribution is -2.26. The zero-order valence-corrected chi connectivity index (χ0v) is 15.9. The van der Waals surface area contributed by atoms with Crippen LogP contribution in [0.15, 0.2) is 67.0 Å². The summed E-state index contributed by atoms with van der Waals surface area (Å²) >= 11 is 0. The van der Waals surface area contributed by atoms with Gasteiger partial charge in [-0.25, -0.2) is 4.98 Å². The fraction of sp³-hybridized carbons (Fsp3) is 0.130. The minimum Gasteiger partial charge on any atom is -0.323 e. The Morgan fingerprint density at radius 3 is 2.66 bits per heavy atom. The number of carbonyl (C=O) groups excluding carboxylic acids is 2. The second-order valence-corrected chi connectivity index (χ2v) is 7.09. The standard InChI is InChI=1S/C23H18N4O2/c1-26(17-4-3-12-24-14-17)23(29)16-9-7-15(8-10-16)22-25-19-6-2-5-18-20(28)11-13-27(22)21(18)19/h2-10,12,14H,11,13H2,1H3. The topological polar surface area (TPSA) is 68.1 Å². The van der Waals surface area contributed by atoms with Gasteiger partial charge in [-0.15, -0.1) is 0 Å². The number of Topliss-reactive ketones (excluding diaryl/α,β-unsaturated/α-hetero) is 1. The Kier molecular flexibility index (Phi) is 3.98. The van der Waals surface area contributed by atoms with Gasteiger partial charge in [0.15, 0.2) is 5.78 Å². The fourth-order valence-electron chi connectivity index (χ4n) is 3.82. The maximum absolute atomic E-state index is 12.8. The van der Waals surface area contributed by atoms with Gasteiger partial charge >= 0.3 is 0 Å². The zero-order valence-electron chi connectivity index (χ0n) is 15.9. The van der Waals surface area contributed by atoms with E-state index in [4.69, 9.17) is 4.98 Å². The van der Waals surface area contributed by atoms with E-state index in [9.17, 15) is 9.59 Å². The second kappa shape index (κ2) is 6.67. The van der Waals surface area contributed by atoms with Gasteiger partial charge in [0.2, 0.25) is 0 Å². The maximum Gasteiger partial charge on any atom is 0.258 e. The Morgan fingerprint density at radius 2 is 1.90 bits per heavy atom. The molecule has 0 saturated heterocycles. The number of ketones is 1. The lowest BCUT2D eigenvalue weighted by atomic mass is 10.0.